The van der Waals surface area contributed by atoms with Gasteiger partial charge in [-0.05, 0) is 24.6 Å². The first-order valence-corrected chi connectivity index (χ1v) is 5.72. The number of rotatable bonds is 4. The van der Waals surface area contributed by atoms with Crippen LogP contribution in [0.5, 0.6) is 5.75 Å². The lowest BCUT2D eigenvalue weighted by Gasteiger charge is -2.22. The average Bonchev–Trinajstić information content (AvgIpc) is 2.38. The summed E-state index contributed by atoms with van der Waals surface area (Å²) < 4.78 is 5.81. The Bertz CT molecular complexity index is 437. The Kier molecular flexibility index (Phi) is 3.78. The van der Waals surface area contributed by atoms with Gasteiger partial charge in [-0.2, -0.15) is 0 Å². The molecular weight excluding hydrogens is 212 g/mol. The minimum absolute atomic E-state index is 0.335. The van der Waals surface area contributed by atoms with Gasteiger partial charge < -0.3 is 9.84 Å². The second-order valence-corrected chi connectivity index (χ2v) is 4.00. The van der Waals surface area contributed by atoms with Crippen LogP contribution in [0.25, 0.3) is 0 Å². The third kappa shape index (κ3) is 3.08. The highest BCUT2D eigenvalue weighted by Crippen LogP contribution is 2.24. The predicted octanol–water partition coefficient (Wildman–Crippen LogP) is 3.19. The van der Waals surface area contributed by atoms with E-state index in [9.17, 15) is 5.11 Å². The molecule has 2 heteroatoms. The molecule has 2 nitrogen and oxygen atoms in total. The van der Waals surface area contributed by atoms with Gasteiger partial charge in [0.05, 0.1) is 6.10 Å². The van der Waals surface area contributed by atoms with Crippen LogP contribution < -0.4 is 4.74 Å². The van der Waals surface area contributed by atoms with Crippen LogP contribution in [0.3, 0.4) is 0 Å². The summed E-state index contributed by atoms with van der Waals surface area (Å²) >= 11 is 0. The third-order valence-corrected chi connectivity index (χ3v) is 2.57. The zero-order valence-corrected chi connectivity index (χ0v) is 9.78. The molecule has 0 heterocycles. The summed E-state index contributed by atoms with van der Waals surface area (Å²) in [6.45, 7) is 1.74. The van der Waals surface area contributed by atoms with Crippen LogP contribution in [0.2, 0.25) is 0 Å². The molecule has 0 spiro atoms. The van der Waals surface area contributed by atoms with Crippen LogP contribution in [0.1, 0.15) is 18.6 Å². The van der Waals surface area contributed by atoms with Crippen molar-refractivity contribution in [3.63, 3.8) is 0 Å². The van der Waals surface area contributed by atoms with Gasteiger partial charge in [-0.15, -0.1) is 0 Å². The lowest BCUT2D eigenvalue weighted by atomic mass is 10.1. The number of para-hydroxylation sites is 1. The average molecular weight is 228 g/mol. The smallest absolute Gasteiger partial charge is 0.149 e. The summed E-state index contributed by atoms with van der Waals surface area (Å²) in [6.07, 6.45) is -0.892. The van der Waals surface area contributed by atoms with Gasteiger partial charge in [-0.3, -0.25) is 0 Å². The second-order valence-electron chi connectivity index (χ2n) is 4.00. The monoisotopic (exact) mass is 228 g/mol. The maximum absolute atomic E-state index is 9.80. The number of aliphatic hydroxyl groups is 1. The van der Waals surface area contributed by atoms with E-state index in [0.717, 1.165) is 11.3 Å². The van der Waals surface area contributed by atoms with Crippen LogP contribution in [-0.2, 0) is 0 Å². The Morgan fingerprint density at radius 3 is 1.94 bits per heavy atom. The predicted molar refractivity (Wildman–Crippen MR) is 67.9 cm³/mol. The highest BCUT2D eigenvalue weighted by atomic mass is 16.5. The molecule has 2 rings (SSSR count). The lowest BCUT2D eigenvalue weighted by Crippen LogP contribution is -2.20. The Morgan fingerprint density at radius 1 is 0.882 bits per heavy atom. The van der Waals surface area contributed by atoms with Crippen molar-refractivity contribution in [1.82, 2.24) is 0 Å². The molecule has 0 aliphatic carbocycles. The van der Waals surface area contributed by atoms with E-state index >= 15 is 0 Å². The van der Waals surface area contributed by atoms with Crippen molar-refractivity contribution >= 4 is 0 Å². The summed E-state index contributed by atoms with van der Waals surface area (Å²) in [7, 11) is 0. The molecule has 0 aliphatic heterocycles. The quantitative estimate of drug-likeness (QED) is 0.870. The Balaban J connectivity index is 2.20. The number of benzene rings is 2. The first kappa shape index (κ1) is 11.7. The first-order chi connectivity index (χ1) is 8.27. The molecule has 0 radical (unpaired) electrons. The lowest BCUT2D eigenvalue weighted by molar-refractivity contribution is 0.0480. The van der Waals surface area contributed by atoms with Crippen LogP contribution in [-0.4, -0.2) is 11.2 Å². The van der Waals surface area contributed by atoms with E-state index in [4.69, 9.17) is 4.74 Å². The molecule has 0 saturated heterocycles. The molecule has 0 aliphatic rings. The SMILES string of the molecule is CC(O)C(Oc1ccccc1)c1ccccc1. The van der Waals surface area contributed by atoms with Crippen molar-refractivity contribution in [3.05, 3.63) is 66.2 Å². The number of hydrogen-bond acceptors (Lipinski definition) is 2. The van der Waals surface area contributed by atoms with E-state index in [2.05, 4.69) is 0 Å². The van der Waals surface area contributed by atoms with Crippen LogP contribution in [0, 0.1) is 0 Å². The molecule has 0 fully saturated rings. The van der Waals surface area contributed by atoms with E-state index in [-0.39, 0.29) is 6.10 Å². The Morgan fingerprint density at radius 2 is 1.41 bits per heavy atom. The molecule has 0 amide bonds. The zero-order chi connectivity index (χ0) is 12.1. The minimum atomic E-state index is -0.558. The first-order valence-electron chi connectivity index (χ1n) is 5.72. The molecular formula is C15H16O2. The fourth-order valence-corrected chi connectivity index (χ4v) is 1.73. The van der Waals surface area contributed by atoms with E-state index in [1.807, 2.05) is 60.7 Å². The van der Waals surface area contributed by atoms with Crippen molar-refractivity contribution in [2.24, 2.45) is 0 Å². The Hall–Kier alpha value is -1.80. The van der Waals surface area contributed by atoms with Crippen molar-refractivity contribution < 1.29 is 9.84 Å². The van der Waals surface area contributed by atoms with Gasteiger partial charge in [0.25, 0.3) is 0 Å². The minimum Gasteiger partial charge on any atom is -0.483 e. The van der Waals surface area contributed by atoms with E-state index in [1.54, 1.807) is 6.92 Å². The molecule has 88 valence electrons. The van der Waals surface area contributed by atoms with Gasteiger partial charge in [0.1, 0.15) is 11.9 Å². The van der Waals surface area contributed by atoms with Gasteiger partial charge in [0, 0.05) is 0 Å². The Labute approximate surface area is 101 Å². The van der Waals surface area contributed by atoms with Crippen molar-refractivity contribution in [3.8, 4) is 5.75 Å². The van der Waals surface area contributed by atoms with Crippen LogP contribution >= 0.6 is 0 Å². The summed E-state index contributed by atoms with van der Waals surface area (Å²) in [4.78, 5) is 0. The topological polar surface area (TPSA) is 29.5 Å². The summed E-state index contributed by atoms with van der Waals surface area (Å²) in [5.41, 5.74) is 0.978. The normalized spacial score (nSPS) is 14.0. The van der Waals surface area contributed by atoms with Crippen molar-refractivity contribution in [2.45, 2.75) is 19.1 Å². The summed E-state index contributed by atoms with van der Waals surface area (Å²) in [5.74, 6) is 0.766. The zero-order valence-electron chi connectivity index (χ0n) is 9.78. The standard InChI is InChI=1S/C15H16O2/c1-12(16)15(13-8-4-2-5-9-13)17-14-10-6-3-7-11-14/h2-12,15-16H,1H3. The summed E-state index contributed by atoms with van der Waals surface area (Å²) in [5, 5.41) is 9.80. The molecule has 2 unspecified atom stereocenters. The van der Waals surface area contributed by atoms with Gasteiger partial charge in [0.2, 0.25) is 0 Å². The summed E-state index contributed by atoms with van der Waals surface area (Å²) in [6, 6.07) is 19.3. The second kappa shape index (κ2) is 5.51. The fraction of sp³-hybridized carbons (Fsp3) is 0.200. The van der Waals surface area contributed by atoms with E-state index < -0.39 is 6.10 Å². The molecule has 2 aromatic rings. The molecule has 2 atom stereocenters. The van der Waals surface area contributed by atoms with E-state index in [0.29, 0.717) is 0 Å². The number of hydrogen-bond donors (Lipinski definition) is 1. The highest BCUT2D eigenvalue weighted by molar-refractivity contribution is 5.25. The molecule has 1 N–H and O–H groups in total. The molecule has 17 heavy (non-hydrogen) atoms. The number of ether oxygens (including phenoxy) is 1. The molecule has 0 saturated carbocycles. The number of aliphatic hydroxyl groups excluding tert-OH is 1. The van der Waals surface area contributed by atoms with Crippen molar-refractivity contribution in [2.75, 3.05) is 0 Å². The van der Waals surface area contributed by atoms with Crippen molar-refractivity contribution in [1.29, 1.82) is 0 Å². The van der Waals surface area contributed by atoms with Gasteiger partial charge in [0.15, 0.2) is 0 Å². The maximum atomic E-state index is 9.80. The van der Waals surface area contributed by atoms with Crippen LogP contribution in [0.4, 0.5) is 0 Å². The maximum Gasteiger partial charge on any atom is 0.149 e. The molecule has 0 bridgehead atoms. The van der Waals surface area contributed by atoms with Crippen LogP contribution in [0.15, 0.2) is 60.7 Å². The van der Waals surface area contributed by atoms with Gasteiger partial charge in [-0.25, -0.2) is 0 Å². The van der Waals surface area contributed by atoms with E-state index in [1.165, 1.54) is 0 Å². The molecule has 0 aromatic heterocycles. The largest absolute Gasteiger partial charge is 0.483 e. The van der Waals surface area contributed by atoms with Gasteiger partial charge in [-0.1, -0.05) is 48.5 Å². The highest BCUT2D eigenvalue weighted by Gasteiger charge is 2.18. The molecule has 2 aromatic carbocycles. The van der Waals surface area contributed by atoms with Gasteiger partial charge >= 0.3 is 0 Å². The third-order valence-electron chi connectivity index (χ3n) is 2.57. The fourth-order valence-electron chi connectivity index (χ4n) is 1.73.